The van der Waals surface area contributed by atoms with Crippen LogP contribution in [0.4, 0.5) is 5.69 Å². The van der Waals surface area contributed by atoms with Crippen molar-refractivity contribution in [3.05, 3.63) is 82.6 Å². The first-order chi connectivity index (χ1) is 14.5. The zero-order valence-electron chi connectivity index (χ0n) is 17.1. The number of nitrogens with one attached hydrogen (secondary N) is 3. The highest BCUT2D eigenvalue weighted by Crippen LogP contribution is 2.25. The Labute approximate surface area is 180 Å². The lowest BCUT2D eigenvalue weighted by Crippen LogP contribution is -3.11. The van der Waals surface area contributed by atoms with Crippen molar-refractivity contribution < 1.29 is 19.2 Å². The Balaban J connectivity index is 1.54. The normalized spacial score (nSPS) is 12.6. The zero-order valence-corrected chi connectivity index (χ0v) is 17.9. The molecule has 3 rings (SSSR count). The number of hydrogen-bond acceptors (Lipinski definition) is 4. The van der Waals surface area contributed by atoms with E-state index in [0.29, 0.717) is 5.69 Å². The molecule has 0 saturated carbocycles. The second-order valence-electron chi connectivity index (χ2n) is 7.01. The third-order valence-electron chi connectivity index (χ3n) is 4.56. The molecule has 156 valence electrons. The van der Waals surface area contributed by atoms with Crippen molar-refractivity contribution in [2.24, 2.45) is 0 Å². The lowest BCUT2D eigenvalue weighted by atomic mass is 10.1. The monoisotopic (exact) mass is 424 g/mol. The van der Waals surface area contributed by atoms with Crippen LogP contribution in [0.2, 0.25) is 0 Å². The molecule has 0 saturated heterocycles. The molecule has 2 aromatic carbocycles. The predicted octanol–water partition coefficient (Wildman–Crippen LogP) is 2.12. The molecule has 3 aromatic rings. The number of rotatable bonds is 9. The van der Waals surface area contributed by atoms with E-state index in [2.05, 4.69) is 10.6 Å². The molecule has 1 unspecified atom stereocenters. The number of quaternary nitrogens is 1. The molecule has 0 spiro atoms. The summed E-state index contributed by atoms with van der Waals surface area (Å²) in [7, 11) is 3.42. The Morgan fingerprint density at radius 3 is 2.30 bits per heavy atom. The average molecular weight is 425 g/mol. The number of methoxy groups -OCH3 is 1. The average Bonchev–Trinajstić information content (AvgIpc) is 3.27. The van der Waals surface area contributed by atoms with Crippen molar-refractivity contribution in [2.45, 2.75) is 6.04 Å². The van der Waals surface area contributed by atoms with Crippen LogP contribution in [0, 0.1) is 0 Å². The van der Waals surface area contributed by atoms with Crippen molar-refractivity contribution >= 4 is 28.8 Å². The molecule has 0 radical (unpaired) electrons. The summed E-state index contributed by atoms with van der Waals surface area (Å²) in [6.45, 7) is 0.388. The van der Waals surface area contributed by atoms with Crippen LogP contribution in [0.25, 0.3) is 0 Å². The van der Waals surface area contributed by atoms with E-state index in [1.54, 1.807) is 42.7 Å². The molecular weight excluding hydrogens is 398 g/mol. The molecule has 0 aliphatic rings. The minimum absolute atomic E-state index is 0.105. The second kappa shape index (κ2) is 10.6. The number of amides is 2. The van der Waals surface area contributed by atoms with Gasteiger partial charge in [-0.25, -0.2) is 0 Å². The van der Waals surface area contributed by atoms with E-state index >= 15 is 0 Å². The Morgan fingerprint density at radius 1 is 0.967 bits per heavy atom. The van der Waals surface area contributed by atoms with Gasteiger partial charge in [0.05, 0.1) is 20.2 Å². The van der Waals surface area contributed by atoms with Crippen LogP contribution in [0.3, 0.4) is 0 Å². The van der Waals surface area contributed by atoms with Crippen LogP contribution in [-0.4, -0.2) is 39.1 Å². The third kappa shape index (κ3) is 6.17. The minimum Gasteiger partial charge on any atom is -0.497 e. The van der Waals surface area contributed by atoms with Gasteiger partial charge in [0.15, 0.2) is 13.1 Å². The van der Waals surface area contributed by atoms with Gasteiger partial charge in [-0.3, -0.25) is 9.59 Å². The fourth-order valence-corrected chi connectivity index (χ4v) is 3.92. The molecule has 0 fully saturated rings. The van der Waals surface area contributed by atoms with Gasteiger partial charge in [-0.2, -0.15) is 0 Å². The van der Waals surface area contributed by atoms with E-state index in [9.17, 15) is 9.59 Å². The van der Waals surface area contributed by atoms with Crippen LogP contribution in [0.5, 0.6) is 5.75 Å². The number of likely N-dealkylation sites (N-methyl/N-ethyl adjacent to an activating group) is 1. The lowest BCUT2D eigenvalue weighted by molar-refractivity contribution is -0.862. The maximum atomic E-state index is 12.7. The highest BCUT2D eigenvalue weighted by Gasteiger charge is 2.20. The van der Waals surface area contributed by atoms with Gasteiger partial charge in [0.2, 0.25) is 0 Å². The highest BCUT2D eigenvalue weighted by atomic mass is 32.1. The molecule has 0 bridgehead atoms. The zero-order chi connectivity index (χ0) is 21.3. The summed E-state index contributed by atoms with van der Waals surface area (Å²) in [6.07, 6.45) is 0. The maximum absolute atomic E-state index is 12.7. The Hall–Kier alpha value is -3.16. The van der Waals surface area contributed by atoms with Gasteiger partial charge in [-0.1, -0.05) is 36.4 Å². The molecule has 1 heterocycles. The number of benzene rings is 2. The Bertz CT molecular complexity index is 944. The number of carbonyl (C=O) groups is 2. The fourth-order valence-electron chi connectivity index (χ4n) is 3.12. The quantitative estimate of drug-likeness (QED) is 0.493. The smallest absolute Gasteiger partial charge is 0.279 e. The topological polar surface area (TPSA) is 71.9 Å². The predicted molar refractivity (Wildman–Crippen MR) is 119 cm³/mol. The summed E-state index contributed by atoms with van der Waals surface area (Å²) in [5, 5.41) is 7.95. The van der Waals surface area contributed by atoms with Gasteiger partial charge in [0.1, 0.15) is 5.75 Å². The molecule has 3 N–H and O–H groups in total. The number of hydrogen-bond donors (Lipinski definition) is 3. The fraction of sp³-hybridized carbons (Fsp3) is 0.217. The van der Waals surface area contributed by atoms with Crippen molar-refractivity contribution in [2.75, 3.05) is 32.6 Å². The first kappa shape index (κ1) is 21.5. The van der Waals surface area contributed by atoms with Crippen LogP contribution < -0.4 is 20.3 Å². The largest absolute Gasteiger partial charge is 0.497 e. The van der Waals surface area contributed by atoms with Gasteiger partial charge >= 0.3 is 0 Å². The summed E-state index contributed by atoms with van der Waals surface area (Å²) in [6, 6.07) is 20.8. The number of thiophene rings is 1. The lowest BCUT2D eigenvalue weighted by Gasteiger charge is -2.20. The van der Waals surface area contributed by atoms with Crippen LogP contribution in [0.15, 0.2) is 72.1 Å². The molecule has 6 nitrogen and oxygen atoms in total. The van der Waals surface area contributed by atoms with E-state index in [0.717, 1.165) is 21.1 Å². The molecule has 0 aliphatic heterocycles. The molecular formula is C23H26N3O3S+. The van der Waals surface area contributed by atoms with Crippen LogP contribution in [0.1, 0.15) is 16.5 Å². The highest BCUT2D eigenvalue weighted by molar-refractivity contribution is 7.10. The summed E-state index contributed by atoms with van der Waals surface area (Å²) in [5.74, 6) is 0.474. The first-order valence-corrected chi connectivity index (χ1v) is 10.6. The minimum atomic E-state index is -0.195. The molecule has 0 aliphatic carbocycles. The number of anilines is 1. The van der Waals surface area contributed by atoms with Gasteiger partial charge in [-0.15, -0.1) is 11.3 Å². The molecule has 2 atom stereocenters. The van der Waals surface area contributed by atoms with E-state index in [-0.39, 0.29) is 30.9 Å². The van der Waals surface area contributed by atoms with Gasteiger partial charge in [-0.05, 0) is 41.3 Å². The first-order valence-electron chi connectivity index (χ1n) is 9.68. The van der Waals surface area contributed by atoms with Gasteiger partial charge in [0, 0.05) is 10.6 Å². The number of carbonyl (C=O) groups excluding carboxylic acids is 2. The van der Waals surface area contributed by atoms with E-state index < -0.39 is 0 Å². The van der Waals surface area contributed by atoms with Crippen molar-refractivity contribution in [3.63, 3.8) is 0 Å². The van der Waals surface area contributed by atoms with Crippen molar-refractivity contribution in [3.8, 4) is 5.75 Å². The third-order valence-corrected chi connectivity index (χ3v) is 5.50. The van der Waals surface area contributed by atoms with Gasteiger partial charge in [0.25, 0.3) is 11.8 Å². The summed E-state index contributed by atoms with van der Waals surface area (Å²) < 4.78 is 5.11. The summed E-state index contributed by atoms with van der Waals surface area (Å²) in [5.41, 5.74) is 1.73. The maximum Gasteiger partial charge on any atom is 0.279 e. The van der Waals surface area contributed by atoms with E-state index in [1.165, 1.54) is 0 Å². The van der Waals surface area contributed by atoms with Crippen LogP contribution >= 0.6 is 11.3 Å². The Kier molecular flexibility index (Phi) is 7.59. The Morgan fingerprint density at radius 2 is 1.67 bits per heavy atom. The van der Waals surface area contributed by atoms with Gasteiger partial charge < -0.3 is 20.3 Å². The SMILES string of the molecule is COc1ccc(NC(=O)C[NH+](C)CC(=O)N[C@@H](c2ccccc2)c2cccs2)cc1. The summed E-state index contributed by atoms with van der Waals surface area (Å²) in [4.78, 5) is 26.8. The molecule has 30 heavy (non-hydrogen) atoms. The van der Waals surface area contributed by atoms with Crippen LogP contribution in [-0.2, 0) is 9.59 Å². The number of ether oxygens (including phenoxy) is 1. The standard InChI is InChI=1S/C23H25N3O3S/c1-26(15-21(27)24-18-10-12-19(29-2)13-11-18)16-22(28)25-23(20-9-6-14-30-20)17-7-4-3-5-8-17/h3-14,23H,15-16H2,1-2H3,(H,24,27)(H,25,28)/p+1/t23-/m0/s1. The van der Waals surface area contributed by atoms with E-state index in [4.69, 9.17) is 4.74 Å². The molecule has 2 amide bonds. The summed E-state index contributed by atoms with van der Waals surface area (Å²) >= 11 is 1.61. The van der Waals surface area contributed by atoms with E-state index in [1.807, 2.05) is 54.9 Å². The van der Waals surface area contributed by atoms with Crippen molar-refractivity contribution in [1.82, 2.24) is 5.32 Å². The molecule has 1 aromatic heterocycles. The second-order valence-corrected chi connectivity index (χ2v) is 7.99. The molecule has 7 heteroatoms. The van der Waals surface area contributed by atoms with Crippen molar-refractivity contribution in [1.29, 1.82) is 0 Å².